The molecule has 0 fully saturated rings. The smallest absolute Gasteiger partial charge is 0.232 e. The topological polar surface area (TPSA) is 58.2 Å². The van der Waals surface area contributed by atoms with Crippen LogP contribution in [0.4, 0.5) is 0 Å². The molecule has 5 heteroatoms. The summed E-state index contributed by atoms with van der Waals surface area (Å²) in [5, 5.41) is 5.10. The minimum atomic E-state index is -0.337. The molecule has 1 atom stereocenters. The molecule has 4 nitrogen and oxygen atoms in total. The number of rotatable bonds is 4. The van der Waals surface area contributed by atoms with Crippen molar-refractivity contribution in [2.24, 2.45) is 0 Å². The average Bonchev–Trinajstić information content (AvgIpc) is 2.00. The van der Waals surface area contributed by atoms with Crippen molar-refractivity contribution in [3.8, 4) is 0 Å². The zero-order valence-corrected chi connectivity index (χ0v) is 10.6. The monoisotopic (exact) mass is 232 g/mol. The zero-order valence-electron chi connectivity index (χ0n) is 9.76. The molecule has 0 aliphatic rings. The molecular weight excluding hydrogens is 212 g/mol. The van der Waals surface area contributed by atoms with Gasteiger partial charge in [-0.05, 0) is 27.7 Å². The molecular formula is C10H20N2O2S. The van der Waals surface area contributed by atoms with Crippen LogP contribution >= 0.6 is 12.6 Å². The number of carbonyl (C=O) groups is 2. The average molecular weight is 232 g/mol. The molecule has 0 rings (SSSR count). The van der Waals surface area contributed by atoms with E-state index in [0.717, 1.165) is 0 Å². The van der Waals surface area contributed by atoms with Crippen LogP contribution in [0.15, 0.2) is 0 Å². The summed E-state index contributed by atoms with van der Waals surface area (Å²) in [6.07, 6.45) is 0.295. The summed E-state index contributed by atoms with van der Waals surface area (Å²) >= 11 is 3.97. The lowest BCUT2D eigenvalue weighted by Crippen LogP contribution is -2.42. The van der Waals surface area contributed by atoms with E-state index in [1.165, 1.54) is 0 Å². The molecule has 0 saturated carbocycles. The van der Waals surface area contributed by atoms with Gasteiger partial charge in [0.25, 0.3) is 0 Å². The van der Waals surface area contributed by atoms with E-state index in [1.807, 2.05) is 20.8 Å². The maximum absolute atomic E-state index is 11.3. The second kappa shape index (κ2) is 6.00. The molecule has 2 N–H and O–H groups in total. The quantitative estimate of drug-likeness (QED) is 0.626. The Balaban J connectivity index is 3.70. The van der Waals surface area contributed by atoms with Crippen molar-refractivity contribution in [2.45, 2.75) is 44.9 Å². The van der Waals surface area contributed by atoms with Crippen LogP contribution in [0.5, 0.6) is 0 Å². The van der Waals surface area contributed by atoms with Gasteiger partial charge in [-0.25, -0.2) is 0 Å². The summed E-state index contributed by atoms with van der Waals surface area (Å²) in [4.78, 5) is 22.4. The second-order valence-electron chi connectivity index (χ2n) is 4.52. The highest BCUT2D eigenvalue weighted by Gasteiger charge is 2.13. The molecule has 0 aliphatic carbocycles. The molecule has 2 amide bonds. The van der Waals surface area contributed by atoms with Crippen LogP contribution in [0.1, 0.15) is 34.1 Å². The van der Waals surface area contributed by atoms with Gasteiger partial charge in [-0.2, -0.15) is 12.6 Å². The van der Waals surface area contributed by atoms with E-state index in [9.17, 15) is 9.59 Å². The normalized spacial score (nSPS) is 13.1. The van der Waals surface area contributed by atoms with Crippen LogP contribution in [0.3, 0.4) is 0 Å². The van der Waals surface area contributed by atoms with E-state index >= 15 is 0 Å². The molecule has 1 unspecified atom stereocenters. The van der Waals surface area contributed by atoms with Crippen LogP contribution in [0, 0.1) is 0 Å². The fraction of sp³-hybridized carbons (Fsp3) is 0.800. The molecule has 0 aliphatic heterocycles. The minimum Gasteiger partial charge on any atom is -0.355 e. The molecule has 0 heterocycles. The molecule has 15 heavy (non-hydrogen) atoms. The van der Waals surface area contributed by atoms with Crippen molar-refractivity contribution in [1.82, 2.24) is 10.6 Å². The Labute approximate surface area is 96.6 Å². The largest absolute Gasteiger partial charge is 0.355 e. The summed E-state index contributed by atoms with van der Waals surface area (Å²) in [6, 6.07) is 0. The molecule has 0 aromatic rings. The van der Waals surface area contributed by atoms with Gasteiger partial charge in [0.1, 0.15) is 0 Å². The van der Waals surface area contributed by atoms with Gasteiger partial charge in [-0.1, -0.05) is 0 Å². The summed E-state index contributed by atoms with van der Waals surface area (Å²) in [5.41, 5.74) is -0.224. The Bertz CT molecular complexity index is 234. The van der Waals surface area contributed by atoms with Gasteiger partial charge in [-0.15, -0.1) is 0 Å². The van der Waals surface area contributed by atoms with Crippen LogP contribution in [-0.2, 0) is 9.59 Å². The molecule has 0 spiro atoms. The molecule has 88 valence electrons. The first kappa shape index (κ1) is 14.3. The first-order valence-electron chi connectivity index (χ1n) is 4.99. The molecule has 0 aromatic heterocycles. The van der Waals surface area contributed by atoms with E-state index in [0.29, 0.717) is 13.0 Å². The molecule has 0 saturated heterocycles. The highest BCUT2D eigenvalue weighted by atomic mass is 32.1. The highest BCUT2D eigenvalue weighted by molar-refractivity contribution is 7.81. The molecule has 0 aromatic carbocycles. The Morgan fingerprint density at radius 2 is 1.87 bits per heavy atom. The number of carbonyl (C=O) groups excluding carboxylic acids is 2. The third kappa shape index (κ3) is 8.30. The van der Waals surface area contributed by atoms with E-state index in [2.05, 4.69) is 23.3 Å². The number of thiol groups is 1. The maximum Gasteiger partial charge on any atom is 0.232 e. The SMILES string of the molecule is CC(S)C(=O)NCCC(=O)NC(C)(C)C. The van der Waals surface area contributed by atoms with E-state index in [-0.39, 0.29) is 22.6 Å². The number of hydrogen-bond donors (Lipinski definition) is 3. The predicted molar refractivity (Wildman–Crippen MR) is 64.0 cm³/mol. The Hall–Kier alpha value is -0.710. The van der Waals surface area contributed by atoms with E-state index in [1.54, 1.807) is 6.92 Å². The van der Waals surface area contributed by atoms with Gasteiger partial charge in [0.2, 0.25) is 11.8 Å². The van der Waals surface area contributed by atoms with Crippen molar-refractivity contribution in [1.29, 1.82) is 0 Å². The van der Waals surface area contributed by atoms with Gasteiger partial charge in [0.15, 0.2) is 0 Å². The van der Waals surface area contributed by atoms with E-state index < -0.39 is 0 Å². The first-order chi connectivity index (χ1) is 6.72. The molecule has 0 bridgehead atoms. The Morgan fingerprint density at radius 3 is 2.27 bits per heavy atom. The summed E-state index contributed by atoms with van der Waals surface area (Å²) in [6.45, 7) is 7.79. The predicted octanol–water partition coefficient (Wildman–Crippen LogP) is 0.726. The fourth-order valence-electron chi connectivity index (χ4n) is 0.928. The standard InChI is InChI=1S/C10H20N2O2S/c1-7(15)9(14)11-6-5-8(13)12-10(2,3)4/h7,15H,5-6H2,1-4H3,(H,11,14)(H,12,13). The summed E-state index contributed by atoms with van der Waals surface area (Å²) in [7, 11) is 0. The van der Waals surface area contributed by atoms with Crippen molar-refractivity contribution in [3.05, 3.63) is 0 Å². The van der Waals surface area contributed by atoms with Crippen molar-refractivity contribution in [3.63, 3.8) is 0 Å². The highest BCUT2D eigenvalue weighted by Crippen LogP contribution is 1.98. The van der Waals surface area contributed by atoms with Gasteiger partial charge in [0.05, 0.1) is 5.25 Å². The van der Waals surface area contributed by atoms with Crippen LogP contribution < -0.4 is 10.6 Å². The number of hydrogen-bond acceptors (Lipinski definition) is 3. The van der Waals surface area contributed by atoms with Gasteiger partial charge in [0, 0.05) is 18.5 Å². The van der Waals surface area contributed by atoms with Crippen molar-refractivity contribution in [2.75, 3.05) is 6.54 Å². The third-order valence-electron chi connectivity index (χ3n) is 1.55. The van der Waals surface area contributed by atoms with Crippen molar-refractivity contribution >= 4 is 24.4 Å². The van der Waals surface area contributed by atoms with Crippen molar-refractivity contribution < 1.29 is 9.59 Å². The van der Waals surface area contributed by atoms with Gasteiger partial charge >= 0.3 is 0 Å². The maximum atomic E-state index is 11.3. The number of nitrogens with one attached hydrogen (secondary N) is 2. The lowest BCUT2D eigenvalue weighted by atomic mass is 10.1. The van der Waals surface area contributed by atoms with Crippen LogP contribution in [0.25, 0.3) is 0 Å². The van der Waals surface area contributed by atoms with Gasteiger partial charge < -0.3 is 10.6 Å². The van der Waals surface area contributed by atoms with Gasteiger partial charge in [-0.3, -0.25) is 9.59 Å². The second-order valence-corrected chi connectivity index (χ2v) is 5.29. The summed E-state index contributed by atoms with van der Waals surface area (Å²) < 4.78 is 0. The minimum absolute atomic E-state index is 0.0605. The Kier molecular flexibility index (Phi) is 5.72. The summed E-state index contributed by atoms with van der Waals surface area (Å²) in [5.74, 6) is -0.212. The molecule has 0 radical (unpaired) electrons. The van der Waals surface area contributed by atoms with Crippen LogP contribution in [-0.4, -0.2) is 29.1 Å². The lowest BCUT2D eigenvalue weighted by Gasteiger charge is -2.20. The third-order valence-corrected chi connectivity index (χ3v) is 1.78. The fourth-order valence-corrected chi connectivity index (χ4v) is 1.02. The van der Waals surface area contributed by atoms with E-state index in [4.69, 9.17) is 0 Å². The zero-order chi connectivity index (χ0) is 12.1. The first-order valence-corrected chi connectivity index (χ1v) is 5.51. The number of amides is 2. The Morgan fingerprint density at radius 1 is 1.33 bits per heavy atom. The van der Waals surface area contributed by atoms with Crippen LogP contribution in [0.2, 0.25) is 0 Å². The lowest BCUT2D eigenvalue weighted by molar-refractivity contribution is -0.123.